The number of ether oxygens (including phenoxy) is 8. The van der Waals surface area contributed by atoms with E-state index < -0.39 is 23.9 Å². The molecule has 1 aromatic rings. The molecule has 0 radical (unpaired) electrons. The van der Waals surface area contributed by atoms with Gasteiger partial charge in [0.2, 0.25) is 0 Å². The third kappa shape index (κ3) is 15.2. The lowest BCUT2D eigenvalue weighted by Gasteiger charge is -2.33. The van der Waals surface area contributed by atoms with Gasteiger partial charge in [-0.1, -0.05) is 72.3 Å². The van der Waals surface area contributed by atoms with Crippen molar-refractivity contribution >= 4 is 11.9 Å². The summed E-state index contributed by atoms with van der Waals surface area (Å²) in [6.45, 7) is 17.5. The van der Waals surface area contributed by atoms with E-state index in [1.165, 1.54) is 6.07 Å². The summed E-state index contributed by atoms with van der Waals surface area (Å²) in [5.41, 5.74) is 0.241. The Morgan fingerprint density at radius 2 is 1.02 bits per heavy atom. The summed E-state index contributed by atoms with van der Waals surface area (Å²) >= 11 is 0. The predicted octanol–water partition coefficient (Wildman–Crippen LogP) is 7.92. The van der Waals surface area contributed by atoms with Gasteiger partial charge in [0, 0.05) is 13.2 Å². The molecule has 0 aromatic heterocycles. The Hall–Kier alpha value is -2.08. The molecule has 0 aliphatic heterocycles. The second-order valence-corrected chi connectivity index (χ2v) is 11.3. The van der Waals surface area contributed by atoms with E-state index in [1.54, 1.807) is 32.0 Å². The molecule has 0 aliphatic carbocycles. The van der Waals surface area contributed by atoms with Gasteiger partial charge in [0.05, 0.1) is 37.6 Å². The maximum atomic E-state index is 13.5. The molecule has 1 rings (SSSR count). The Kier molecular flexibility index (Phi) is 22.0. The normalized spacial score (nSPS) is 15.5. The first-order chi connectivity index (χ1) is 22.2. The fourth-order valence-electron chi connectivity index (χ4n) is 4.78. The van der Waals surface area contributed by atoms with Crippen molar-refractivity contribution < 1.29 is 47.5 Å². The van der Waals surface area contributed by atoms with E-state index in [1.807, 2.05) is 13.8 Å². The van der Waals surface area contributed by atoms with Gasteiger partial charge in [-0.15, -0.1) is 0 Å². The summed E-state index contributed by atoms with van der Waals surface area (Å²) < 4.78 is 47.1. The average molecular weight is 655 g/mol. The molecule has 0 saturated heterocycles. The number of carbonyl (C=O) groups is 2. The van der Waals surface area contributed by atoms with Crippen LogP contribution in [0, 0.1) is 11.8 Å². The molecule has 0 saturated carbocycles. The van der Waals surface area contributed by atoms with E-state index in [4.69, 9.17) is 37.9 Å². The lowest BCUT2D eigenvalue weighted by atomic mass is 10.0. The average Bonchev–Trinajstić information content (AvgIpc) is 3.06. The Morgan fingerprint density at radius 3 is 1.35 bits per heavy atom. The number of rotatable bonds is 28. The summed E-state index contributed by atoms with van der Waals surface area (Å²) in [7, 11) is 0. The van der Waals surface area contributed by atoms with Crippen molar-refractivity contribution in [3.8, 4) is 0 Å². The lowest BCUT2D eigenvalue weighted by molar-refractivity contribution is -0.373. The Bertz CT molecular complexity index is 885. The van der Waals surface area contributed by atoms with E-state index in [2.05, 4.69) is 27.7 Å². The molecular weight excluding hydrogens is 592 g/mol. The van der Waals surface area contributed by atoms with Gasteiger partial charge in [-0.25, -0.2) is 9.59 Å². The van der Waals surface area contributed by atoms with Crippen molar-refractivity contribution in [2.45, 2.75) is 119 Å². The minimum atomic E-state index is -1.74. The molecule has 0 heterocycles. The Morgan fingerprint density at radius 1 is 0.609 bits per heavy atom. The Balaban J connectivity index is 3.24. The summed E-state index contributed by atoms with van der Waals surface area (Å²) in [5.74, 6) is -4.37. The first-order valence-electron chi connectivity index (χ1n) is 17.5. The van der Waals surface area contributed by atoms with Crippen molar-refractivity contribution in [1.82, 2.24) is 0 Å². The molecule has 10 heteroatoms. The number of carbonyl (C=O) groups excluding carboxylic acids is 2. The van der Waals surface area contributed by atoms with E-state index >= 15 is 0 Å². The summed E-state index contributed by atoms with van der Waals surface area (Å²) in [5, 5.41) is 0. The van der Waals surface area contributed by atoms with Gasteiger partial charge in [0.25, 0.3) is 0 Å². The van der Waals surface area contributed by atoms with Crippen molar-refractivity contribution in [1.29, 1.82) is 0 Å². The molecule has 46 heavy (non-hydrogen) atoms. The maximum absolute atomic E-state index is 13.5. The molecule has 0 aliphatic rings. The molecule has 0 fully saturated rings. The van der Waals surface area contributed by atoms with Gasteiger partial charge < -0.3 is 37.9 Å². The zero-order chi connectivity index (χ0) is 34.3. The maximum Gasteiger partial charge on any atom is 0.354 e. The number of unbranched alkanes of at least 4 members (excludes halogenated alkanes) is 2. The van der Waals surface area contributed by atoms with Gasteiger partial charge in [-0.05, 0) is 70.6 Å². The van der Waals surface area contributed by atoms with Crippen LogP contribution in [0.25, 0.3) is 0 Å². The first kappa shape index (κ1) is 41.9. The van der Waals surface area contributed by atoms with Gasteiger partial charge in [-0.2, -0.15) is 0 Å². The van der Waals surface area contributed by atoms with E-state index in [0.717, 1.165) is 51.4 Å². The van der Waals surface area contributed by atoms with Crippen LogP contribution in [0.4, 0.5) is 0 Å². The van der Waals surface area contributed by atoms with Gasteiger partial charge in [-0.3, -0.25) is 0 Å². The van der Waals surface area contributed by atoms with Crippen LogP contribution in [0.3, 0.4) is 0 Å². The van der Waals surface area contributed by atoms with E-state index in [-0.39, 0.29) is 49.4 Å². The number of hydrogen-bond acceptors (Lipinski definition) is 10. The molecule has 266 valence electrons. The van der Waals surface area contributed by atoms with Crippen molar-refractivity contribution in [2.24, 2.45) is 11.8 Å². The number of esters is 2. The van der Waals surface area contributed by atoms with Crippen LogP contribution in [0.1, 0.15) is 127 Å². The second-order valence-electron chi connectivity index (χ2n) is 11.3. The topological polar surface area (TPSA) is 108 Å². The van der Waals surface area contributed by atoms with Crippen LogP contribution in [0.15, 0.2) is 24.3 Å². The third-order valence-corrected chi connectivity index (χ3v) is 7.69. The van der Waals surface area contributed by atoms with Crippen LogP contribution in [-0.2, 0) is 37.9 Å². The summed E-state index contributed by atoms with van der Waals surface area (Å²) in [4.78, 5) is 27.1. The quantitative estimate of drug-likeness (QED) is 0.0653. The zero-order valence-electron chi connectivity index (χ0n) is 29.9. The van der Waals surface area contributed by atoms with Gasteiger partial charge >= 0.3 is 23.9 Å². The largest absolute Gasteiger partial charge is 0.402 e. The van der Waals surface area contributed by atoms with Gasteiger partial charge in [0.1, 0.15) is 13.2 Å². The third-order valence-electron chi connectivity index (χ3n) is 7.69. The van der Waals surface area contributed by atoms with Crippen LogP contribution in [0.2, 0.25) is 0 Å². The van der Waals surface area contributed by atoms with Crippen molar-refractivity contribution in [2.75, 3.05) is 52.9 Å². The van der Waals surface area contributed by atoms with Crippen LogP contribution in [-0.4, -0.2) is 76.7 Å². The van der Waals surface area contributed by atoms with E-state index in [0.29, 0.717) is 26.4 Å². The predicted molar refractivity (Wildman–Crippen MR) is 177 cm³/mol. The molecule has 4 unspecified atom stereocenters. The SMILES string of the molecule is CCCCC(CC)COC(COCC)(OCC)OC(=O)c1cccc(C(=O)OC(COCC)(OCC)OCC(CC)CCCC)c1. The fraction of sp³-hybridized carbons (Fsp3) is 0.778. The highest BCUT2D eigenvalue weighted by Crippen LogP contribution is 2.26. The fourth-order valence-corrected chi connectivity index (χ4v) is 4.78. The smallest absolute Gasteiger partial charge is 0.354 e. The highest BCUT2D eigenvalue weighted by molar-refractivity contribution is 5.95. The molecule has 0 spiro atoms. The van der Waals surface area contributed by atoms with Crippen molar-refractivity contribution in [3.63, 3.8) is 0 Å². The molecule has 0 N–H and O–H groups in total. The highest BCUT2D eigenvalue weighted by Gasteiger charge is 2.40. The molecule has 0 bridgehead atoms. The Labute approximate surface area is 278 Å². The minimum absolute atomic E-state index is 0.0995. The summed E-state index contributed by atoms with van der Waals surface area (Å²) in [6, 6.07) is 6.10. The van der Waals surface area contributed by atoms with Gasteiger partial charge in [0.15, 0.2) is 0 Å². The number of hydrogen-bond donors (Lipinski definition) is 0. The highest BCUT2D eigenvalue weighted by atomic mass is 16.9. The molecule has 4 atom stereocenters. The molecule has 0 amide bonds. The summed E-state index contributed by atoms with van der Waals surface area (Å²) in [6.07, 6.45) is 8.16. The van der Waals surface area contributed by atoms with Crippen molar-refractivity contribution in [3.05, 3.63) is 35.4 Å². The second kappa shape index (κ2) is 24.1. The molecular formula is C36H62O10. The molecule has 10 nitrogen and oxygen atoms in total. The van der Waals surface area contributed by atoms with E-state index in [9.17, 15) is 9.59 Å². The van der Waals surface area contributed by atoms with Crippen LogP contribution >= 0.6 is 0 Å². The zero-order valence-corrected chi connectivity index (χ0v) is 29.9. The minimum Gasteiger partial charge on any atom is -0.402 e. The first-order valence-corrected chi connectivity index (χ1v) is 17.5. The van der Waals surface area contributed by atoms with Crippen LogP contribution in [0.5, 0.6) is 0 Å². The van der Waals surface area contributed by atoms with Crippen LogP contribution < -0.4 is 0 Å². The number of benzene rings is 1. The molecule has 1 aromatic carbocycles. The standard InChI is InChI=1S/C36H62O10/c1-9-17-20-29(11-3)25-43-35(41-15-7,27-39-13-5)45-33(37)31-22-19-23-32(24-31)34(38)46-36(42-16-8,28-40-14-6)44-26-30(12-4)21-18-10-2/h19,22-24,29-30H,9-18,20-21,25-28H2,1-8H3. The monoisotopic (exact) mass is 654 g/mol. The lowest BCUT2D eigenvalue weighted by Crippen LogP contribution is -2.47.